The Hall–Kier alpha value is -2.76. The van der Waals surface area contributed by atoms with Crippen LogP contribution >= 0.6 is 0 Å². The van der Waals surface area contributed by atoms with E-state index in [0.29, 0.717) is 25.7 Å². The predicted octanol–water partition coefficient (Wildman–Crippen LogP) is 3.79. The number of hydrogen-bond donors (Lipinski definition) is 2. The third-order valence-electron chi connectivity index (χ3n) is 4.99. The van der Waals surface area contributed by atoms with Gasteiger partial charge in [0.1, 0.15) is 5.75 Å². The number of hydrogen-bond acceptors (Lipinski definition) is 4. The largest absolute Gasteiger partial charge is 0.573 e. The van der Waals surface area contributed by atoms with Gasteiger partial charge in [-0.25, -0.2) is 0 Å². The minimum absolute atomic E-state index is 0.0195. The van der Waals surface area contributed by atoms with E-state index in [9.17, 15) is 22.8 Å². The molecule has 0 heterocycles. The molecule has 30 heavy (non-hydrogen) atoms. The third kappa shape index (κ3) is 6.94. The second-order valence-electron chi connectivity index (χ2n) is 8.47. The molecule has 0 spiro atoms. The number of rotatable bonds is 5. The summed E-state index contributed by atoms with van der Waals surface area (Å²) in [4.78, 5) is 24.5. The topological polar surface area (TPSA) is 91.2 Å². The molecule has 1 aromatic carbocycles. The molecule has 2 rings (SSSR count). The molecule has 164 valence electrons. The van der Waals surface area contributed by atoms with Crippen LogP contribution in [0.25, 0.3) is 0 Å². The molecule has 0 radical (unpaired) electrons. The lowest BCUT2D eigenvalue weighted by Gasteiger charge is -2.30. The molecule has 0 aliphatic heterocycles. The molecule has 1 saturated carbocycles. The van der Waals surface area contributed by atoms with Crippen LogP contribution in [-0.4, -0.2) is 24.2 Å². The average Bonchev–Trinajstić information content (AvgIpc) is 2.65. The van der Waals surface area contributed by atoms with Gasteiger partial charge in [0.25, 0.3) is 0 Å². The third-order valence-corrected chi connectivity index (χ3v) is 4.99. The van der Waals surface area contributed by atoms with Crippen LogP contribution in [0.15, 0.2) is 18.2 Å². The van der Waals surface area contributed by atoms with Crippen molar-refractivity contribution in [1.29, 1.82) is 5.26 Å². The number of alkyl halides is 3. The summed E-state index contributed by atoms with van der Waals surface area (Å²) in [5.74, 6) is -1.06. The molecule has 1 fully saturated rings. The normalized spacial score (nSPS) is 19.5. The molecule has 0 atom stereocenters. The number of carbonyl (C=O) groups excluding carboxylic acids is 2. The molecule has 1 aromatic rings. The maximum atomic E-state index is 12.6. The van der Waals surface area contributed by atoms with E-state index in [-0.39, 0.29) is 41.4 Å². The molecule has 2 N–H and O–H groups in total. The van der Waals surface area contributed by atoms with Gasteiger partial charge in [-0.3, -0.25) is 9.59 Å². The summed E-state index contributed by atoms with van der Waals surface area (Å²) in [7, 11) is 0. The molecule has 6 nitrogen and oxygen atoms in total. The first kappa shape index (κ1) is 23.5. The van der Waals surface area contributed by atoms with Crippen LogP contribution in [0.4, 0.5) is 13.2 Å². The van der Waals surface area contributed by atoms with Crippen molar-refractivity contribution in [2.75, 3.05) is 0 Å². The van der Waals surface area contributed by atoms with Crippen LogP contribution in [0.2, 0.25) is 0 Å². The summed E-state index contributed by atoms with van der Waals surface area (Å²) in [6.07, 6.45) is -2.40. The summed E-state index contributed by atoms with van der Waals surface area (Å²) in [6, 6.07) is 5.48. The summed E-state index contributed by atoms with van der Waals surface area (Å²) in [5, 5.41) is 14.5. The van der Waals surface area contributed by atoms with Gasteiger partial charge in [0, 0.05) is 29.5 Å². The SMILES string of the molecule is CC(C)(C)C(=O)NC1CCC(C(=O)NCc2ccc(C#N)cc2OC(F)(F)F)CC1. The second kappa shape index (κ2) is 9.37. The van der Waals surface area contributed by atoms with Gasteiger partial charge in [-0.05, 0) is 37.8 Å². The van der Waals surface area contributed by atoms with E-state index in [1.54, 1.807) is 6.07 Å². The Morgan fingerprint density at radius 1 is 1.17 bits per heavy atom. The number of ether oxygens (including phenoxy) is 1. The Labute approximate surface area is 173 Å². The van der Waals surface area contributed by atoms with Crippen LogP contribution in [0.5, 0.6) is 5.75 Å². The lowest BCUT2D eigenvalue weighted by molar-refractivity contribution is -0.274. The zero-order valence-electron chi connectivity index (χ0n) is 17.2. The van der Waals surface area contributed by atoms with E-state index in [2.05, 4.69) is 15.4 Å². The van der Waals surface area contributed by atoms with Crippen molar-refractivity contribution in [3.8, 4) is 11.8 Å². The van der Waals surface area contributed by atoms with E-state index >= 15 is 0 Å². The number of carbonyl (C=O) groups is 2. The van der Waals surface area contributed by atoms with Crippen molar-refractivity contribution < 1.29 is 27.5 Å². The lowest BCUT2D eigenvalue weighted by Crippen LogP contribution is -2.44. The quantitative estimate of drug-likeness (QED) is 0.751. The van der Waals surface area contributed by atoms with Gasteiger partial charge in [0.2, 0.25) is 11.8 Å². The lowest BCUT2D eigenvalue weighted by atomic mass is 9.84. The van der Waals surface area contributed by atoms with Gasteiger partial charge in [-0.2, -0.15) is 5.26 Å². The Balaban J connectivity index is 1.91. The van der Waals surface area contributed by atoms with Crippen molar-refractivity contribution in [2.24, 2.45) is 11.3 Å². The van der Waals surface area contributed by atoms with Crippen LogP contribution in [0.3, 0.4) is 0 Å². The summed E-state index contributed by atoms with van der Waals surface area (Å²) >= 11 is 0. The minimum Gasteiger partial charge on any atom is -0.405 e. The second-order valence-corrected chi connectivity index (χ2v) is 8.47. The maximum Gasteiger partial charge on any atom is 0.573 e. The average molecular weight is 425 g/mol. The number of nitriles is 1. The molecular formula is C21H26F3N3O3. The smallest absolute Gasteiger partial charge is 0.405 e. The van der Waals surface area contributed by atoms with Gasteiger partial charge >= 0.3 is 6.36 Å². The molecule has 0 unspecified atom stereocenters. The molecule has 1 aliphatic carbocycles. The van der Waals surface area contributed by atoms with E-state index in [1.165, 1.54) is 12.1 Å². The molecule has 0 aromatic heterocycles. The van der Waals surface area contributed by atoms with E-state index in [0.717, 1.165) is 6.07 Å². The molecule has 1 aliphatic rings. The van der Waals surface area contributed by atoms with Crippen molar-refractivity contribution in [3.63, 3.8) is 0 Å². The highest BCUT2D eigenvalue weighted by Crippen LogP contribution is 2.29. The summed E-state index contributed by atoms with van der Waals surface area (Å²) in [5.41, 5.74) is -0.323. The van der Waals surface area contributed by atoms with Gasteiger partial charge < -0.3 is 15.4 Å². The van der Waals surface area contributed by atoms with Crippen molar-refractivity contribution in [2.45, 2.75) is 65.4 Å². The summed E-state index contributed by atoms with van der Waals surface area (Å²) < 4.78 is 41.9. The Morgan fingerprint density at radius 3 is 2.33 bits per heavy atom. The summed E-state index contributed by atoms with van der Waals surface area (Å²) in [6.45, 7) is 5.36. The monoisotopic (exact) mass is 425 g/mol. The first-order chi connectivity index (χ1) is 13.9. The first-order valence-electron chi connectivity index (χ1n) is 9.76. The predicted molar refractivity (Wildman–Crippen MR) is 103 cm³/mol. The van der Waals surface area contributed by atoms with Crippen LogP contribution in [0, 0.1) is 22.7 Å². The minimum atomic E-state index is -4.90. The number of nitrogens with one attached hydrogen (secondary N) is 2. The van der Waals surface area contributed by atoms with Crippen molar-refractivity contribution in [3.05, 3.63) is 29.3 Å². The number of nitrogens with zero attached hydrogens (tertiary/aromatic N) is 1. The maximum absolute atomic E-state index is 12.6. The van der Waals surface area contributed by atoms with E-state index in [4.69, 9.17) is 5.26 Å². The number of halogens is 3. The fourth-order valence-electron chi connectivity index (χ4n) is 3.22. The molecule has 9 heteroatoms. The van der Waals surface area contributed by atoms with Crippen LogP contribution in [0.1, 0.15) is 57.6 Å². The van der Waals surface area contributed by atoms with Crippen LogP contribution in [-0.2, 0) is 16.1 Å². The Bertz CT molecular complexity index is 818. The van der Waals surface area contributed by atoms with E-state index in [1.807, 2.05) is 20.8 Å². The zero-order chi connectivity index (χ0) is 22.5. The highest BCUT2D eigenvalue weighted by Gasteiger charge is 2.33. The van der Waals surface area contributed by atoms with Gasteiger partial charge in [0.05, 0.1) is 11.6 Å². The van der Waals surface area contributed by atoms with Crippen LogP contribution < -0.4 is 15.4 Å². The highest BCUT2D eigenvalue weighted by molar-refractivity contribution is 5.82. The van der Waals surface area contributed by atoms with Gasteiger partial charge in [0.15, 0.2) is 0 Å². The van der Waals surface area contributed by atoms with Crippen molar-refractivity contribution in [1.82, 2.24) is 10.6 Å². The zero-order valence-corrected chi connectivity index (χ0v) is 17.2. The highest BCUT2D eigenvalue weighted by atomic mass is 19.4. The molecular weight excluding hydrogens is 399 g/mol. The Kier molecular flexibility index (Phi) is 7.34. The molecule has 0 saturated heterocycles. The van der Waals surface area contributed by atoms with Gasteiger partial charge in [-0.15, -0.1) is 13.2 Å². The molecule has 0 bridgehead atoms. The fourth-order valence-corrected chi connectivity index (χ4v) is 3.22. The van der Waals surface area contributed by atoms with E-state index < -0.39 is 17.5 Å². The van der Waals surface area contributed by atoms with Gasteiger partial charge in [-0.1, -0.05) is 26.8 Å². The Morgan fingerprint density at radius 2 is 1.80 bits per heavy atom. The number of amides is 2. The molecule has 2 amide bonds. The first-order valence-corrected chi connectivity index (χ1v) is 9.76. The van der Waals surface area contributed by atoms with Crippen molar-refractivity contribution >= 4 is 11.8 Å². The fraction of sp³-hybridized carbons (Fsp3) is 0.571. The number of benzene rings is 1. The standard InChI is InChI=1S/C21H26F3N3O3/c1-20(2,3)19(29)27-16-8-6-14(7-9-16)18(28)26-12-15-5-4-13(11-25)10-17(15)30-21(22,23)24/h4-5,10,14,16H,6-9,12H2,1-3H3,(H,26,28)(H,27,29).